The van der Waals surface area contributed by atoms with E-state index in [1.54, 1.807) is 24.5 Å². The SMILES string of the molecule is O=C(O)CN(CC1CC1)C1CC(NC(=O)c2cc(-c3cccnc3)on2)C1. The van der Waals surface area contributed by atoms with E-state index < -0.39 is 5.97 Å². The van der Waals surface area contributed by atoms with Crippen LogP contribution in [0.25, 0.3) is 11.3 Å². The number of carbonyl (C=O) groups excluding carboxylic acids is 1. The maximum atomic E-state index is 12.4. The molecule has 0 radical (unpaired) electrons. The molecule has 0 saturated heterocycles. The minimum absolute atomic E-state index is 0.0385. The summed E-state index contributed by atoms with van der Waals surface area (Å²) in [5.41, 5.74) is 0.995. The number of hydrogen-bond acceptors (Lipinski definition) is 6. The van der Waals surface area contributed by atoms with Gasteiger partial charge in [-0.25, -0.2) is 0 Å². The Labute approximate surface area is 156 Å². The Morgan fingerprint density at radius 1 is 1.33 bits per heavy atom. The molecule has 2 saturated carbocycles. The van der Waals surface area contributed by atoms with Gasteiger partial charge in [-0.1, -0.05) is 5.16 Å². The molecule has 2 aromatic rings. The molecule has 0 aliphatic heterocycles. The molecule has 0 atom stereocenters. The van der Waals surface area contributed by atoms with Crippen LogP contribution in [0.3, 0.4) is 0 Å². The zero-order chi connectivity index (χ0) is 18.8. The van der Waals surface area contributed by atoms with Crippen molar-refractivity contribution in [3.05, 3.63) is 36.3 Å². The van der Waals surface area contributed by atoms with E-state index in [1.165, 1.54) is 12.8 Å². The molecule has 142 valence electrons. The summed E-state index contributed by atoms with van der Waals surface area (Å²) in [5, 5.41) is 15.9. The largest absolute Gasteiger partial charge is 0.480 e. The number of amides is 1. The fraction of sp³-hybridized carbons (Fsp3) is 0.474. The van der Waals surface area contributed by atoms with Crippen LogP contribution in [-0.4, -0.2) is 57.2 Å². The number of hydrogen-bond donors (Lipinski definition) is 2. The van der Waals surface area contributed by atoms with Crippen LogP contribution < -0.4 is 5.32 Å². The summed E-state index contributed by atoms with van der Waals surface area (Å²) in [6.07, 6.45) is 7.22. The summed E-state index contributed by atoms with van der Waals surface area (Å²) in [5.74, 6) is 0.0637. The van der Waals surface area contributed by atoms with E-state index in [0.717, 1.165) is 24.9 Å². The second kappa shape index (κ2) is 7.48. The third kappa shape index (κ3) is 4.33. The molecule has 0 aromatic carbocycles. The molecular weight excluding hydrogens is 348 g/mol. The van der Waals surface area contributed by atoms with Gasteiger partial charge >= 0.3 is 5.97 Å². The van der Waals surface area contributed by atoms with Crippen LogP contribution >= 0.6 is 0 Å². The second-order valence-electron chi connectivity index (χ2n) is 7.38. The van der Waals surface area contributed by atoms with Crippen molar-refractivity contribution < 1.29 is 19.2 Å². The van der Waals surface area contributed by atoms with Crippen LogP contribution in [0.2, 0.25) is 0 Å². The molecule has 2 fully saturated rings. The third-order valence-electron chi connectivity index (χ3n) is 5.18. The summed E-state index contributed by atoms with van der Waals surface area (Å²) in [6.45, 7) is 0.912. The number of aliphatic carboxylic acids is 1. The highest BCUT2D eigenvalue weighted by Crippen LogP contribution is 2.33. The maximum Gasteiger partial charge on any atom is 0.317 e. The van der Waals surface area contributed by atoms with E-state index in [4.69, 9.17) is 9.63 Å². The summed E-state index contributed by atoms with van der Waals surface area (Å²) in [6, 6.07) is 5.48. The van der Waals surface area contributed by atoms with Gasteiger partial charge in [-0.15, -0.1) is 0 Å². The first kappa shape index (κ1) is 17.7. The van der Waals surface area contributed by atoms with Crippen LogP contribution in [0, 0.1) is 5.92 Å². The number of carboxylic acids is 1. The zero-order valence-electron chi connectivity index (χ0n) is 14.9. The van der Waals surface area contributed by atoms with E-state index in [1.807, 2.05) is 11.0 Å². The Hall–Kier alpha value is -2.74. The van der Waals surface area contributed by atoms with Gasteiger partial charge in [0.25, 0.3) is 5.91 Å². The smallest absolute Gasteiger partial charge is 0.317 e. The molecule has 8 heteroatoms. The summed E-state index contributed by atoms with van der Waals surface area (Å²) in [4.78, 5) is 29.5. The number of nitrogens with one attached hydrogen (secondary N) is 1. The van der Waals surface area contributed by atoms with Crippen molar-refractivity contribution in [2.24, 2.45) is 5.92 Å². The van der Waals surface area contributed by atoms with Crippen LogP contribution in [0.15, 0.2) is 35.1 Å². The maximum absolute atomic E-state index is 12.4. The topological polar surface area (TPSA) is 109 Å². The van der Waals surface area contributed by atoms with E-state index in [0.29, 0.717) is 11.7 Å². The third-order valence-corrected chi connectivity index (χ3v) is 5.18. The molecule has 0 unspecified atom stereocenters. The molecule has 8 nitrogen and oxygen atoms in total. The minimum Gasteiger partial charge on any atom is -0.480 e. The van der Waals surface area contributed by atoms with E-state index >= 15 is 0 Å². The Morgan fingerprint density at radius 3 is 2.81 bits per heavy atom. The highest BCUT2D eigenvalue weighted by Gasteiger charge is 2.38. The first-order valence-electron chi connectivity index (χ1n) is 9.22. The van der Waals surface area contributed by atoms with Gasteiger partial charge in [-0.2, -0.15) is 0 Å². The molecule has 27 heavy (non-hydrogen) atoms. The Balaban J connectivity index is 1.30. The Bertz CT molecular complexity index is 812. The number of pyridine rings is 1. The molecule has 0 bridgehead atoms. The molecule has 2 aliphatic rings. The number of carboxylic acid groups (broad SMARTS) is 1. The lowest BCUT2D eigenvalue weighted by Crippen LogP contribution is -2.55. The molecule has 2 heterocycles. The summed E-state index contributed by atoms with van der Waals surface area (Å²) >= 11 is 0. The van der Waals surface area contributed by atoms with E-state index in [-0.39, 0.29) is 30.2 Å². The lowest BCUT2D eigenvalue weighted by molar-refractivity contribution is -0.139. The normalized spacial score (nSPS) is 21.7. The van der Waals surface area contributed by atoms with Crippen molar-refractivity contribution in [3.8, 4) is 11.3 Å². The molecule has 2 aliphatic carbocycles. The van der Waals surface area contributed by atoms with Crippen molar-refractivity contribution in [2.45, 2.75) is 37.8 Å². The van der Waals surface area contributed by atoms with Crippen LogP contribution in [0.1, 0.15) is 36.2 Å². The van der Waals surface area contributed by atoms with Gasteiger partial charge in [-0.3, -0.25) is 19.5 Å². The molecule has 2 aromatic heterocycles. The average molecular weight is 370 g/mol. The average Bonchev–Trinajstić information content (AvgIpc) is 3.29. The predicted octanol–water partition coefficient (Wildman–Crippen LogP) is 1.79. The quantitative estimate of drug-likeness (QED) is 0.729. The lowest BCUT2D eigenvalue weighted by atomic mass is 9.85. The van der Waals surface area contributed by atoms with Gasteiger partial charge in [0.15, 0.2) is 11.5 Å². The number of nitrogens with zero attached hydrogens (tertiary/aromatic N) is 3. The second-order valence-corrected chi connectivity index (χ2v) is 7.38. The standard InChI is InChI=1S/C19H22N4O4/c24-18(25)11-23(10-12-3-4-12)15-6-14(7-15)21-19(26)16-8-17(27-22-16)13-2-1-5-20-9-13/h1-2,5,8-9,12,14-15H,3-4,6-7,10-11H2,(H,21,26)(H,24,25). The molecule has 0 spiro atoms. The highest BCUT2D eigenvalue weighted by molar-refractivity contribution is 5.93. The number of carbonyl (C=O) groups is 2. The van der Waals surface area contributed by atoms with Gasteiger partial charge < -0.3 is 14.9 Å². The van der Waals surface area contributed by atoms with Crippen molar-refractivity contribution >= 4 is 11.9 Å². The van der Waals surface area contributed by atoms with Gasteiger partial charge in [0.05, 0.1) is 6.54 Å². The fourth-order valence-corrected chi connectivity index (χ4v) is 3.44. The van der Waals surface area contributed by atoms with Gasteiger partial charge in [-0.05, 0) is 43.7 Å². The van der Waals surface area contributed by atoms with Crippen molar-refractivity contribution in [2.75, 3.05) is 13.1 Å². The van der Waals surface area contributed by atoms with E-state index in [9.17, 15) is 9.59 Å². The Morgan fingerprint density at radius 2 is 2.15 bits per heavy atom. The number of rotatable bonds is 8. The number of aromatic nitrogens is 2. The molecule has 4 rings (SSSR count). The fourth-order valence-electron chi connectivity index (χ4n) is 3.44. The first-order valence-corrected chi connectivity index (χ1v) is 9.22. The van der Waals surface area contributed by atoms with Crippen molar-refractivity contribution in [3.63, 3.8) is 0 Å². The van der Waals surface area contributed by atoms with Gasteiger partial charge in [0.2, 0.25) is 0 Å². The molecule has 1 amide bonds. The summed E-state index contributed by atoms with van der Waals surface area (Å²) in [7, 11) is 0. The first-order chi connectivity index (χ1) is 13.1. The molecule has 2 N–H and O–H groups in total. The van der Waals surface area contributed by atoms with Crippen LogP contribution in [0.4, 0.5) is 0 Å². The molecular formula is C19H22N4O4. The van der Waals surface area contributed by atoms with Crippen LogP contribution in [0.5, 0.6) is 0 Å². The van der Waals surface area contributed by atoms with Crippen molar-refractivity contribution in [1.82, 2.24) is 20.4 Å². The van der Waals surface area contributed by atoms with Crippen molar-refractivity contribution in [1.29, 1.82) is 0 Å². The predicted molar refractivity (Wildman–Crippen MR) is 95.9 cm³/mol. The van der Waals surface area contributed by atoms with Crippen LogP contribution in [-0.2, 0) is 4.79 Å². The van der Waals surface area contributed by atoms with E-state index in [2.05, 4.69) is 15.5 Å². The lowest BCUT2D eigenvalue weighted by Gasteiger charge is -2.42. The zero-order valence-corrected chi connectivity index (χ0v) is 14.9. The Kier molecular flexibility index (Phi) is 4.89. The van der Waals surface area contributed by atoms with Gasteiger partial charge in [0, 0.05) is 42.7 Å². The summed E-state index contributed by atoms with van der Waals surface area (Å²) < 4.78 is 5.23. The minimum atomic E-state index is -0.798. The monoisotopic (exact) mass is 370 g/mol. The highest BCUT2D eigenvalue weighted by atomic mass is 16.5. The van der Waals surface area contributed by atoms with Gasteiger partial charge in [0.1, 0.15) is 0 Å².